The summed E-state index contributed by atoms with van der Waals surface area (Å²) in [7, 11) is 0. The van der Waals surface area contributed by atoms with Crippen molar-refractivity contribution in [3.8, 4) is 0 Å². The minimum atomic E-state index is 0.0299. The molecule has 2 nitrogen and oxygen atoms in total. The fraction of sp³-hybridized carbons (Fsp3) is 0.304. The minimum absolute atomic E-state index is 0.0299. The van der Waals surface area contributed by atoms with Crippen LogP contribution in [0.3, 0.4) is 0 Å². The number of anilines is 6. The average molecular weight is 671 g/mol. The zero-order valence-corrected chi connectivity index (χ0v) is 31.8. The lowest BCUT2D eigenvalue weighted by molar-refractivity contribution is 0.332. The van der Waals surface area contributed by atoms with Gasteiger partial charge in [0.05, 0.1) is 11.4 Å². The van der Waals surface area contributed by atoms with Gasteiger partial charge in [-0.1, -0.05) is 103 Å². The molecule has 0 bridgehead atoms. The number of thiophene rings is 1. The molecule has 1 aromatic heterocycles. The number of rotatable bonds is 2. The first-order valence-electron chi connectivity index (χ1n) is 18.4. The Morgan fingerprint density at radius 1 is 0.640 bits per heavy atom. The summed E-state index contributed by atoms with van der Waals surface area (Å²) >= 11 is 2.03. The lowest BCUT2D eigenvalue weighted by atomic mass is 9.36. The Hall–Kier alpha value is -4.28. The van der Waals surface area contributed by atoms with Gasteiger partial charge in [0, 0.05) is 37.6 Å². The van der Waals surface area contributed by atoms with Crippen LogP contribution in [0.1, 0.15) is 89.1 Å². The van der Waals surface area contributed by atoms with Gasteiger partial charge in [0.1, 0.15) is 0 Å². The molecular formula is C46H47BN2S. The van der Waals surface area contributed by atoms with Crippen molar-refractivity contribution in [2.45, 2.75) is 91.4 Å². The maximum atomic E-state index is 2.60. The molecule has 5 aromatic carbocycles. The number of aryl methyl sites for hydroxylation is 2. The number of hydrogen-bond acceptors (Lipinski definition) is 3. The summed E-state index contributed by atoms with van der Waals surface area (Å²) in [6.45, 7) is 21.5. The second-order valence-corrected chi connectivity index (χ2v) is 18.5. The van der Waals surface area contributed by atoms with Gasteiger partial charge >= 0.3 is 0 Å². The van der Waals surface area contributed by atoms with Gasteiger partial charge in [0.15, 0.2) is 0 Å². The van der Waals surface area contributed by atoms with Gasteiger partial charge in [0.25, 0.3) is 6.71 Å². The standard InChI is InChI=1S/C46H47BN2S/c1-28-15-13-16-29(2)41(28)49-36-22-21-30(44(3,4)5)25-35(36)47-40-37(19-14-20-38(40)49)48(31-17-11-10-12-18-31)42-32-26-33-34(27-39(32)50-43(42)47)46(8,9)24-23-45(33,6)7/h10-22,25-27H,23-24H2,1-9H3. The summed E-state index contributed by atoms with van der Waals surface area (Å²) in [5.74, 6) is 0. The van der Waals surface area contributed by atoms with Crippen molar-refractivity contribution >= 4 is 78.0 Å². The Morgan fingerprint density at radius 2 is 1.26 bits per heavy atom. The van der Waals surface area contributed by atoms with E-state index in [1.165, 1.54) is 101 Å². The van der Waals surface area contributed by atoms with E-state index in [1.54, 1.807) is 0 Å². The zero-order chi connectivity index (χ0) is 34.9. The molecule has 0 amide bonds. The highest BCUT2D eigenvalue weighted by atomic mass is 32.1. The molecule has 0 unspecified atom stereocenters. The van der Waals surface area contributed by atoms with Crippen LogP contribution in [0, 0.1) is 13.8 Å². The van der Waals surface area contributed by atoms with E-state index in [2.05, 4.69) is 169 Å². The van der Waals surface area contributed by atoms with Crippen molar-refractivity contribution in [1.29, 1.82) is 0 Å². The molecule has 6 aromatic rings. The van der Waals surface area contributed by atoms with E-state index in [9.17, 15) is 0 Å². The van der Waals surface area contributed by atoms with Crippen molar-refractivity contribution < 1.29 is 0 Å². The Morgan fingerprint density at radius 3 is 1.92 bits per heavy atom. The predicted molar refractivity (Wildman–Crippen MR) is 219 cm³/mol. The third-order valence-electron chi connectivity index (χ3n) is 12.1. The van der Waals surface area contributed by atoms with Crippen LogP contribution < -0.4 is 25.5 Å². The van der Waals surface area contributed by atoms with Gasteiger partial charge < -0.3 is 9.80 Å². The molecule has 0 radical (unpaired) electrons. The molecule has 3 heterocycles. The van der Waals surface area contributed by atoms with Crippen LogP contribution in [0.2, 0.25) is 0 Å². The number of fused-ring (bicyclic) bond motifs is 7. The molecule has 4 heteroatoms. The maximum absolute atomic E-state index is 2.60. The first kappa shape index (κ1) is 31.7. The van der Waals surface area contributed by atoms with E-state index in [4.69, 9.17) is 0 Å². The van der Waals surface area contributed by atoms with Crippen molar-refractivity contribution in [1.82, 2.24) is 0 Å². The van der Waals surface area contributed by atoms with E-state index in [0.717, 1.165) is 0 Å². The first-order chi connectivity index (χ1) is 23.8. The number of nitrogens with zero attached hydrogens (tertiary/aromatic N) is 2. The van der Waals surface area contributed by atoms with E-state index in [-0.39, 0.29) is 23.0 Å². The minimum Gasteiger partial charge on any atom is -0.311 e. The second-order valence-electron chi connectivity index (χ2n) is 17.4. The number of para-hydroxylation sites is 2. The monoisotopic (exact) mass is 670 g/mol. The third-order valence-corrected chi connectivity index (χ3v) is 13.3. The van der Waals surface area contributed by atoms with Gasteiger partial charge in [-0.2, -0.15) is 0 Å². The summed E-state index contributed by atoms with van der Waals surface area (Å²) in [4.78, 5) is 5.17. The van der Waals surface area contributed by atoms with Crippen LogP contribution in [-0.2, 0) is 16.2 Å². The molecule has 0 saturated heterocycles. The lowest BCUT2D eigenvalue weighted by Crippen LogP contribution is -2.60. The fourth-order valence-corrected chi connectivity index (χ4v) is 10.5. The van der Waals surface area contributed by atoms with E-state index in [1.807, 2.05) is 11.3 Å². The summed E-state index contributed by atoms with van der Waals surface area (Å²) in [6, 6.07) is 37.3. The van der Waals surface area contributed by atoms with E-state index < -0.39 is 0 Å². The molecule has 9 rings (SSSR count). The van der Waals surface area contributed by atoms with E-state index in [0.29, 0.717) is 0 Å². The van der Waals surface area contributed by atoms with Crippen LogP contribution in [0.5, 0.6) is 0 Å². The summed E-state index contributed by atoms with van der Waals surface area (Å²) in [5, 5.41) is 1.39. The highest BCUT2D eigenvalue weighted by Crippen LogP contribution is 2.52. The predicted octanol–water partition coefficient (Wildman–Crippen LogP) is 11.2. The van der Waals surface area contributed by atoms with Gasteiger partial charge in [-0.05, 0) is 124 Å². The quantitative estimate of drug-likeness (QED) is 0.169. The van der Waals surface area contributed by atoms with Gasteiger partial charge in [-0.3, -0.25) is 0 Å². The molecule has 0 saturated carbocycles. The molecule has 3 aliphatic rings. The zero-order valence-electron chi connectivity index (χ0n) is 31.0. The maximum Gasteiger partial charge on any atom is 0.264 e. The second kappa shape index (κ2) is 10.6. The fourth-order valence-electron chi connectivity index (χ4n) is 9.19. The van der Waals surface area contributed by atoms with Crippen LogP contribution in [0.25, 0.3) is 10.1 Å². The van der Waals surface area contributed by atoms with Crippen LogP contribution in [0.15, 0.2) is 97.1 Å². The highest BCUT2D eigenvalue weighted by molar-refractivity contribution is 7.33. The topological polar surface area (TPSA) is 6.48 Å². The van der Waals surface area contributed by atoms with Gasteiger partial charge in [-0.25, -0.2) is 0 Å². The Labute approximate surface area is 302 Å². The van der Waals surface area contributed by atoms with Crippen molar-refractivity contribution in [2.24, 2.45) is 0 Å². The molecule has 2 aliphatic heterocycles. The van der Waals surface area contributed by atoms with Crippen molar-refractivity contribution in [2.75, 3.05) is 9.80 Å². The summed E-state index contributed by atoms with van der Waals surface area (Å²) in [6.07, 6.45) is 2.42. The van der Waals surface area contributed by atoms with Crippen LogP contribution >= 0.6 is 11.3 Å². The normalized spacial score (nSPS) is 16.9. The molecule has 1 aliphatic carbocycles. The molecule has 0 fully saturated rings. The molecule has 250 valence electrons. The Balaban J connectivity index is 1.42. The van der Waals surface area contributed by atoms with Crippen molar-refractivity contribution in [3.05, 3.63) is 125 Å². The highest BCUT2D eigenvalue weighted by Gasteiger charge is 2.46. The lowest BCUT2D eigenvalue weighted by Gasteiger charge is -2.44. The molecule has 50 heavy (non-hydrogen) atoms. The smallest absolute Gasteiger partial charge is 0.264 e. The SMILES string of the molecule is Cc1cccc(C)c1N1c2ccc(C(C)(C)C)cc2B2c3sc4cc5c(cc4c3N(c3ccccc3)c3cccc1c32)C(C)(C)CCC5(C)C. The van der Waals surface area contributed by atoms with E-state index >= 15 is 0 Å². The average Bonchev–Trinajstić information content (AvgIpc) is 3.45. The number of benzene rings is 5. The van der Waals surface area contributed by atoms with Crippen LogP contribution in [-0.4, -0.2) is 6.71 Å². The Kier molecular flexibility index (Phi) is 6.73. The Bertz CT molecular complexity index is 2340. The molecule has 0 spiro atoms. The van der Waals surface area contributed by atoms with Crippen molar-refractivity contribution in [3.63, 3.8) is 0 Å². The van der Waals surface area contributed by atoms with Gasteiger partial charge in [0.2, 0.25) is 0 Å². The van der Waals surface area contributed by atoms with Crippen LogP contribution in [0.4, 0.5) is 34.1 Å². The molecule has 0 N–H and O–H groups in total. The third kappa shape index (κ3) is 4.46. The first-order valence-corrected chi connectivity index (χ1v) is 19.2. The molecular weight excluding hydrogens is 623 g/mol. The van der Waals surface area contributed by atoms with Gasteiger partial charge in [-0.15, -0.1) is 11.3 Å². The summed E-state index contributed by atoms with van der Waals surface area (Å²) < 4.78 is 2.86. The summed E-state index contributed by atoms with van der Waals surface area (Å²) in [5.41, 5.74) is 17.9. The largest absolute Gasteiger partial charge is 0.311 e. The molecule has 0 atom stereocenters. The number of hydrogen-bond donors (Lipinski definition) is 0.